The lowest BCUT2D eigenvalue weighted by Gasteiger charge is -2.25. The molecule has 0 aliphatic rings. The van der Waals surface area contributed by atoms with Crippen molar-refractivity contribution in [1.29, 1.82) is 0 Å². The van der Waals surface area contributed by atoms with Gasteiger partial charge in [0.25, 0.3) is 0 Å². The van der Waals surface area contributed by atoms with Gasteiger partial charge in [0.2, 0.25) is 6.43 Å². The molecular formula is C11H12F2O3. The van der Waals surface area contributed by atoms with Crippen LogP contribution in [0.4, 0.5) is 8.78 Å². The van der Waals surface area contributed by atoms with E-state index in [9.17, 15) is 18.7 Å². The minimum Gasteiger partial charge on any atom is -0.467 e. The molecule has 0 heterocycles. The third kappa shape index (κ3) is 2.55. The van der Waals surface area contributed by atoms with Crippen LogP contribution in [-0.2, 0) is 15.1 Å². The van der Waals surface area contributed by atoms with Crippen molar-refractivity contribution in [2.75, 3.05) is 7.11 Å². The summed E-state index contributed by atoms with van der Waals surface area (Å²) in [4.78, 5) is 11.4. The average Bonchev–Trinajstić information content (AvgIpc) is 2.28. The van der Waals surface area contributed by atoms with Crippen LogP contribution in [0.2, 0.25) is 0 Å². The van der Waals surface area contributed by atoms with Crippen LogP contribution in [0.5, 0.6) is 0 Å². The van der Waals surface area contributed by atoms with E-state index in [1.54, 1.807) is 18.2 Å². The first-order valence-corrected chi connectivity index (χ1v) is 4.65. The first kappa shape index (κ1) is 12.6. The summed E-state index contributed by atoms with van der Waals surface area (Å²) < 4.78 is 29.0. The lowest BCUT2D eigenvalue weighted by molar-refractivity contribution is -0.168. The molecule has 0 amide bonds. The number of alkyl halides is 2. The molecule has 1 atom stereocenters. The van der Waals surface area contributed by atoms with Crippen LogP contribution in [-0.4, -0.2) is 24.6 Å². The topological polar surface area (TPSA) is 46.5 Å². The van der Waals surface area contributed by atoms with Gasteiger partial charge in [-0.15, -0.1) is 0 Å². The van der Waals surface area contributed by atoms with Crippen molar-refractivity contribution in [1.82, 2.24) is 0 Å². The number of hydrogen-bond donors (Lipinski definition) is 1. The molecule has 0 radical (unpaired) electrons. The van der Waals surface area contributed by atoms with E-state index < -0.39 is 24.4 Å². The highest BCUT2D eigenvalue weighted by molar-refractivity contribution is 5.81. The number of ether oxygens (including phenoxy) is 1. The number of benzene rings is 1. The van der Waals surface area contributed by atoms with E-state index in [0.29, 0.717) is 0 Å². The summed E-state index contributed by atoms with van der Waals surface area (Å²) >= 11 is 0. The predicted octanol–water partition coefficient (Wildman–Crippen LogP) is 1.70. The first-order chi connectivity index (χ1) is 7.50. The summed E-state index contributed by atoms with van der Waals surface area (Å²) in [6.45, 7) is 0. The SMILES string of the molecule is COC(=O)C(O)(CC(F)F)c1ccccc1. The maximum absolute atomic E-state index is 12.3. The molecule has 0 saturated heterocycles. The molecule has 0 saturated carbocycles. The number of methoxy groups -OCH3 is 1. The smallest absolute Gasteiger partial charge is 0.342 e. The molecular weight excluding hydrogens is 218 g/mol. The van der Waals surface area contributed by atoms with E-state index in [-0.39, 0.29) is 5.56 Å². The van der Waals surface area contributed by atoms with Crippen LogP contribution in [0.15, 0.2) is 30.3 Å². The number of halogens is 2. The Balaban J connectivity index is 3.09. The summed E-state index contributed by atoms with van der Waals surface area (Å²) in [6.07, 6.45) is -3.78. The van der Waals surface area contributed by atoms with Gasteiger partial charge in [-0.1, -0.05) is 30.3 Å². The van der Waals surface area contributed by atoms with Gasteiger partial charge in [0, 0.05) is 0 Å². The molecule has 5 heteroatoms. The Bertz CT molecular complexity index is 354. The van der Waals surface area contributed by atoms with E-state index >= 15 is 0 Å². The summed E-state index contributed by atoms with van der Waals surface area (Å²) in [5.41, 5.74) is -2.19. The van der Waals surface area contributed by atoms with E-state index in [1.807, 2.05) is 0 Å². The Kier molecular flexibility index (Phi) is 3.95. The molecule has 0 aromatic heterocycles. The highest BCUT2D eigenvalue weighted by atomic mass is 19.3. The van der Waals surface area contributed by atoms with Gasteiger partial charge < -0.3 is 9.84 Å². The van der Waals surface area contributed by atoms with Crippen molar-refractivity contribution >= 4 is 5.97 Å². The van der Waals surface area contributed by atoms with Gasteiger partial charge in [0.05, 0.1) is 13.5 Å². The van der Waals surface area contributed by atoms with Gasteiger partial charge in [-0.2, -0.15) is 0 Å². The number of aliphatic hydroxyl groups is 1. The van der Waals surface area contributed by atoms with Crippen LogP contribution >= 0.6 is 0 Å². The predicted molar refractivity (Wildman–Crippen MR) is 53.0 cm³/mol. The molecule has 0 bridgehead atoms. The number of hydrogen-bond acceptors (Lipinski definition) is 3. The normalized spacial score (nSPS) is 14.6. The third-order valence-electron chi connectivity index (χ3n) is 2.22. The zero-order chi connectivity index (χ0) is 12.2. The zero-order valence-corrected chi connectivity index (χ0v) is 8.69. The molecule has 16 heavy (non-hydrogen) atoms. The monoisotopic (exact) mass is 230 g/mol. The van der Waals surface area contributed by atoms with Crippen LogP contribution in [0.1, 0.15) is 12.0 Å². The largest absolute Gasteiger partial charge is 0.467 e. The van der Waals surface area contributed by atoms with Crippen LogP contribution in [0.3, 0.4) is 0 Å². The number of carbonyl (C=O) groups is 1. The summed E-state index contributed by atoms with van der Waals surface area (Å²) in [5, 5.41) is 9.97. The Labute approximate surface area is 91.7 Å². The fourth-order valence-electron chi connectivity index (χ4n) is 1.43. The quantitative estimate of drug-likeness (QED) is 0.801. The average molecular weight is 230 g/mol. The summed E-state index contributed by atoms with van der Waals surface area (Å²) in [6, 6.07) is 7.56. The van der Waals surface area contributed by atoms with E-state index in [0.717, 1.165) is 7.11 Å². The Morgan fingerprint density at radius 2 is 2.00 bits per heavy atom. The van der Waals surface area contributed by atoms with Crippen LogP contribution < -0.4 is 0 Å². The molecule has 1 aromatic rings. The lowest BCUT2D eigenvalue weighted by Crippen LogP contribution is -2.38. The van der Waals surface area contributed by atoms with Crippen LogP contribution in [0.25, 0.3) is 0 Å². The van der Waals surface area contributed by atoms with Gasteiger partial charge in [-0.3, -0.25) is 0 Å². The van der Waals surface area contributed by atoms with E-state index in [2.05, 4.69) is 4.74 Å². The molecule has 0 fully saturated rings. The number of carbonyl (C=O) groups excluding carboxylic acids is 1. The van der Waals surface area contributed by atoms with Gasteiger partial charge in [-0.05, 0) is 5.56 Å². The first-order valence-electron chi connectivity index (χ1n) is 4.65. The Morgan fingerprint density at radius 1 is 1.44 bits per heavy atom. The fourth-order valence-corrected chi connectivity index (χ4v) is 1.43. The standard InChI is InChI=1S/C11H12F2O3/c1-16-10(14)11(15,7-9(12)13)8-5-3-2-4-6-8/h2-6,9,15H,7H2,1H3. The van der Waals surface area contributed by atoms with Crippen molar-refractivity contribution in [2.45, 2.75) is 18.4 Å². The lowest BCUT2D eigenvalue weighted by atomic mass is 9.90. The maximum atomic E-state index is 12.3. The molecule has 0 aliphatic heterocycles. The molecule has 1 unspecified atom stereocenters. The second-order valence-corrected chi connectivity index (χ2v) is 3.31. The highest BCUT2D eigenvalue weighted by Gasteiger charge is 2.41. The van der Waals surface area contributed by atoms with Crippen molar-refractivity contribution in [3.8, 4) is 0 Å². The molecule has 0 spiro atoms. The molecule has 3 nitrogen and oxygen atoms in total. The van der Waals surface area contributed by atoms with Crippen molar-refractivity contribution in [2.24, 2.45) is 0 Å². The van der Waals surface area contributed by atoms with E-state index in [1.165, 1.54) is 12.1 Å². The van der Waals surface area contributed by atoms with Gasteiger partial charge >= 0.3 is 5.97 Å². The van der Waals surface area contributed by atoms with Crippen molar-refractivity contribution < 1.29 is 23.4 Å². The van der Waals surface area contributed by atoms with Crippen molar-refractivity contribution in [3.05, 3.63) is 35.9 Å². The maximum Gasteiger partial charge on any atom is 0.342 e. The molecule has 1 N–H and O–H groups in total. The number of esters is 1. The molecule has 88 valence electrons. The van der Waals surface area contributed by atoms with Gasteiger partial charge in [-0.25, -0.2) is 13.6 Å². The zero-order valence-electron chi connectivity index (χ0n) is 8.69. The van der Waals surface area contributed by atoms with Gasteiger partial charge in [0.1, 0.15) is 0 Å². The van der Waals surface area contributed by atoms with E-state index in [4.69, 9.17) is 0 Å². The minimum absolute atomic E-state index is 0.0992. The van der Waals surface area contributed by atoms with Crippen molar-refractivity contribution in [3.63, 3.8) is 0 Å². The summed E-state index contributed by atoms with van der Waals surface area (Å²) in [5.74, 6) is -1.08. The molecule has 0 aliphatic carbocycles. The highest BCUT2D eigenvalue weighted by Crippen LogP contribution is 2.29. The minimum atomic E-state index is -2.80. The Hall–Kier alpha value is -1.49. The number of rotatable bonds is 4. The molecule has 1 aromatic carbocycles. The Morgan fingerprint density at radius 3 is 2.44 bits per heavy atom. The second-order valence-electron chi connectivity index (χ2n) is 3.31. The van der Waals surface area contributed by atoms with Gasteiger partial charge in [0.15, 0.2) is 5.60 Å². The summed E-state index contributed by atoms with van der Waals surface area (Å²) in [7, 11) is 1.04. The third-order valence-corrected chi connectivity index (χ3v) is 2.22. The second kappa shape index (κ2) is 5.03. The fraction of sp³-hybridized carbons (Fsp3) is 0.364. The van der Waals surface area contributed by atoms with Crippen LogP contribution in [0, 0.1) is 0 Å². The molecule has 1 rings (SSSR count).